The molecule has 0 aliphatic carbocycles. The number of carbonyl (C=O) groups is 1. The molecule has 2 fully saturated rings. The third-order valence-electron chi connectivity index (χ3n) is 5.24. The Labute approximate surface area is 142 Å². The lowest BCUT2D eigenvalue weighted by atomic mass is 9.89. The molecular weight excluding hydrogens is 300 g/mol. The number of carbonyl (C=O) groups excluding carboxylic acids is 1. The summed E-state index contributed by atoms with van der Waals surface area (Å²) < 4.78 is 1.83. The lowest BCUT2D eigenvalue weighted by Crippen LogP contribution is -2.39. The highest BCUT2D eigenvalue weighted by Crippen LogP contribution is 2.32. The number of nitrogens with zero attached hydrogens (tertiary/aromatic N) is 2. The number of piperidine rings is 1. The molecule has 2 unspecified atom stereocenters. The number of rotatable bonds is 5. The van der Waals surface area contributed by atoms with Crippen LogP contribution in [0, 0.1) is 5.92 Å². The first-order valence-corrected chi connectivity index (χ1v) is 8.88. The number of aromatic nitrogens is 2. The topological polar surface area (TPSA) is 59.0 Å². The molecule has 1 amide bonds. The first kappa shape index (κ1) is 15.4. The van der Waals surface area contributed by atoms with Crippen molar-refractivity contribution in [1.29, 1.82) is 0 Å². The Balaban J connectivity index is 1.26. The zero-order valence-electron chi connectivity index (χ0n) is 13.8. The predicted molar refractivity (Wildman–Crippen MR) is 92.7 cm³/mol. The van der Waals surface area contributed by atoms with Crippen molar-refractivity contribution in [2.75, 3.05) is 0 Å². The molecule has 1 aromatic heterocycles. The smallest absolute Gasteiger partial charge is 0.220 e. The fraction of sp³-hybridized carbons (Fsp3) is 0.474. The van der Waals surface area contributed by atoms with Crippen molar-refractivity contribution in [2.45, 2.75) is 50.7 Å². The van der Waals surface area contributed by atoms with Crippen LogP contribution >= 0.6 is 0 Å². The second-order valence-electron chi connectivity index (χ2n) is 7.07. The highest BCUT2D eigenvalue weighted by Gasteiger charge is 2.34. The number of hydrogen-bond acceptors (Lipinski definition) is 3. The molecule has 5 heteroatoms. The molecule has 3 heterocycles. The van der Waals surface area contributed by atoms with E-state index in [1.807, 2.05) is 41.2 Å². The Bertz CT molecular complexity index is 668. The van der Waals surface area contributed by atoms with Crippen LogP contribution in [0.2, 0.25) is 0 Å². The molecule has 0 spiro atoms. The summed E-state index contributed by atoms with van der Waals surface area (Å²) in [4.78, 5) is 12.2. The van der Waals surface area contributed by atoms with E-state index in [0.717, 1.165) is 24.1 Å². The third-order valence-corrected chi connectivity index (χ3v) is 5.24. The van der Waals surface area contributed by atoms with Crippen LogP contribution in [0.4, 0.5) is 0 Å². The monoisotopic (exact) mass is 324 g/mol. The molecule has 0 saturated carbocycles. The van der Waals surface area contributed by atoms with Crippen molar-refractivity contribution < 1.29 is 4.79 Å². The van der Waals surface area contributed by atoms with Crippen molar-refractivity contribution in [3.63, 3.8) is 0 Å². The Morgan fingerprint density at radius 3 is 2.62 bits per heavy atom. The van der Waals surface area contributed by atoms with Crippen LogP contribution in [-0.4, -0.2) is 27.8 Å². The summed E-state index contributed by atoms with van der Waals surface area (Å²) >= 11 is 0. The van der Waals surface area contributed by atoms with Gasteiger partial charge in [-0.2, -0.15) is 5.10 Å². The summed E-state index contributed by atoms with van der Waals surface area (Å²) in [7, 11) is 0. The summed E-state index contributed by atoms with van der Waals surface area (Å²) in [5.74, 6) is 0.725. The summed E-state index contributed by atoms with van der Waals surface area (Å²) in [6.45, 7) is 0.593. The molecule has 2 aromatic rings. The van der Waals surface area contributed by atoms with Crippen LogP contribution in [0.3, 0.4) is 0 Å². The predicted octanol–water partition coefficient (Wildman–Crippen LogP) is 2.41. The highest BCUT2D eigenvalue weighted by molar-refractivity contribution is 5.76. The number of nitrogens with one attached hydrogen (secondary N) is 2. The van der Waals surface area contributed by atoms with Gasteiger partial charge in [-0.05, 0) is 55.4 Å². The largest absolute Gasteiger partial charge is 0.352 e. The SMILES string of the molecule is O=C(CC1CC2CCC(C1)N2)NCc1ccc(-n2cccn2)cc1. The average molecular weight is 324 g/mol. The van der Waals surface area contributed by atoms with Crippen molar-refractivity contribution in [1.82, 2.24) is 20.4 Å². The van der Waals surface area contributed by atoms with Gasteiger partial charge in [-0.15, -0.1) is 0 Å². The van der Waals surface area contributed by atoms with E-state index in [1.54, 1.807) is 6.20 Å². The minimum Gasteiger partial charge on any atom is -0.352 e. The normalized spacial score (nSPS) is 25.6. The molecule has 2 aliphatic rings. The van der Waals surface area contributed by atoms with E-state index in [0.29, 0.717) is 31.0 Å². The zero-order chi connectivity index (χ0) is 16.4. The Kier molecular flexibility index (Phi) is 4.34. The van der Waals surface area contributed by atoms with Gasteiger partial charge in [0.1, 0.15) is 0 Å². The molecular formula is C19H24N4O. The van der Waals surface area contributed by atoms with Crippen molar-refractivity contribution >= 4 is 5.91 Å². The van der Waals surface area contributed by atoms with Crippen LogP contribution in [0.5, 0.6) is 0 Å². The number of hydrogen-bond donors (Lipinski definition) is 2. The van der Waals surface area contributed by atoms with E-state index in [1.165, 1.54) is 12.8 Å². The quantitative estimate of drug-likeness (QED) is 0.888. The fourth-order valence-electron chi connectivity index (χ4n) is 4.06. The van der Waals surface area contributed by atoms with Crippen LogP contribution in [0.1, 0.15) is 37.7 Å². The van der Waals surface area contributed by atoms with Gasteiger partial charge < -0.3 is 10.6 Å². The molecule has 2 N–H and O–H groups in total. The van der Waals surface area contributed by atoms with Crippen LogP contribution < -0.4 is 10.6 Å². The minimum absolute atomic E-state index is 0.178. The second-order valence-corrected chi connectivity index (χ2v) is 7.07. The summed E-state index contributed by atoms with van der Waals surface area (Å²) in [6, 6.07) is 11.3. The van der Waals surface area contributed by atoms with Gasteiger partial charge in [-0.25, -0.2) is 4.68 Å². The van der Waals surface area contributed by atoms with Gasteiger partial charge >= 0.3 is 0 Å². The molecule has 24 heavy (non-hydrogen) atoms. The minimum atomic E-state index is 0.178. The Morgan fingerprint density at radius 2 is 1.96 bits per heavy atom. The lowest BCUT2D eigenvalue weighted by molar-refractivity contribution is -0.122. The zero-order valence-corrected chi connectivity index (χ0v) is 13.8. The molecule has 2 saturated heterocycles. The maximum atomic E-state index is 12.2. The maximum Gasteiger partial charge on any atom is 0.220 e. The van der Waals surface area contributed by atoms with Crippen LogP contribution in [-0.2, 0) is 11.3 Å². The number of fused-ring (bicyclic) bond motifs is 2. The van der Waals surface area contributed by atoms with E-state index >= 15 is 0 Å². The van der Waals surface area contributed by atoms with E-state index in [2.05, 4.69) is 15.7 Å². The molecule has 2 aliphatic heterocycles. The highest BCUT2D eigenvalue weighted by atomic mass is 16.1. The van der Waals surface area contributed by atoms with Gasteiger partial charge in [-0.3, -0.25) is 4.79 Å². The van der Waals surface area contributed by atoms with Gasteiger partial charge in [-0.1, -0.05) is 12.1 Å². The number of benzene rings is 1. The average Bonchev–Trinajstić information content (AvgIpc) is 3.23. The molecule has 1 aromatic carbocycles. The standard InChI is InChI=1S/C19H24N4O/c24-19(12-15-10-16-4-5-17(11-15)22-16)20-13-14-2-6-18(7-3-14)23-9-1-8-21-23/h1-3,6-9,15-17,22H,4-5,10-13H2,(H,20,24). The van der Waals surface area contributed by atoms with Gasteiger partial charge in [0.15, 0.2) is 0 Å². The summed E-state index contributed by atoms with van der Waals surface area (Å²) in [6.07, 6.45) is 9.23. The lowest BCUT2D eigenvalue weighted by Gasteiger charge is -2.28. The second kappa shape index (κ2) is 6.77. The van der Waals surface area contributed by atoms with Crippen molar-refractivity contribution in [3.8, 4) is 5.69 Å². The molecule has 0 radical (unpaired) electrons. The van der Waals surface area contributed by atoms with E-state index in [-0.39, 0.29) is 5.91 Å². The van der Waals surface area contributed by atoms with Crippen molar-refractivity contribution in [2.24, 2.45) is 5.92 Å². The first-order valence-electron chi connectivity index (χ1n) is 8.88. The molecule has 5 nitrogen and oxygen atoms in total. The van der Waals surface area contributed by atoms with Crippen LogP contribution in [0.15, 0.2) is 42.7 Å². The number of amides is 1. The molecule has 2 atom stereocenters. The molecule has 2 bridgehead atoms. The first-order chi connectivity index (χ1) is 11.8. The van der Waals surface area contributed by atoms with Gasteiger partial charge in [0.2, 0.25) is 5.91 Å². The van der Waals surface area contributed by atoms with E-state index < -0.39 is 0 Å². The molecule has 4 rings (SSSR count). The maximum absolute atomic E-state index is 12.2. The molecule has 126 valence electrons. The van der Waals surface area contributed by atoms with Crippen LogP contribution in [0.25, 0.3) is 5.69 Å². The van der Waals surface area contributed by atoms with Crippen molar-refractivity contribution in [3.05, 3.63) is 48.3 Å². The third kappa shape index (κ3) is 3.51. The van der Waals surface area contributed by atoms with E-state index in [9.17, 15) is 4.79 Å². The van der Waals surface area contributed by atoms with Gasteiger partial charge in [0.05, 0.1) is 5.69 Å². The Morgan fingerprint density at radius 1 is 1.21 bits per heavy atom. The van der Waals surface area contributed by atoms with Gasteiger partial charge in [0.25, 0.3) is 0 Å². The van der Waals surface area contributed by atoms with E-state index in [4.69, 9.17) is 0 Å². The fourth-order valence-corrected chi connectivity index (χ4v) is 4.06. The summed E-state index contributed by atoms with van der Waals surface area (Å²) in [5, 5.41) is 10.9. The van der Waals surface area contributed by atoms with Gasteiger partial charge in [0, 0.05) is 37.4 Å². The summed E-state index contributed by atoms with van der Waals surface area (Å²) in [5.41, 5.74) is 2.14. The Hall–Kier alpha value is -2.14.